The quantitative estimate of drug-likeness (QED) is 0.227. The second-order valence-electron chi connectivity index (χ2n) is 8.21. The summed E-state index contributed by atoms with van der Waals surface area (Å²) in [5.74, 6) is 0. The van der Waals surface area contributed by atoms with Gasteiger partial charge in [-0.2, -0.15) is 0 Å². The highest BCUT2D eigenvalue weighted by Crippen LogP contribution is 2.42. The maximum atomic E-state index is 4.32. The van der Waals surface area contributed by atoms with Crippen molar-refractivity contribution in [2.24, 2.45) is 0 Å². The van der Waals surface area contributed by atoms with Crippen LogP contribution in [0.15, 0.2) is 114 Å². The van der Waals surface area contributed by atoms with E-state index in [4.69, 9.17) is 0 Å². The first-order chi connectivity index (χ1) is 15.1. The van der Waals surface area contributed by atoms with E-state index in [0.717, 1.165) is 18.4 Å². The Morgan fingerprint density at radius 2 is 1.74 bits per heavy atom. The van der Waals surface area contributed by atoms with E-state index >= 15 is 0 Å². The van der Waals surface area contributed by atoms with Crippen molar-refractivity contribution in [3.63, 3.8) is 0 Å². The summed E-state index contributed by atoms with van der Waals surface area (Å²) in [7, 11) is 0. The first-order valence-corrected chi connectivity index (χ1v) is 11.1. The molecule has 31 heavy (non-hydrogen) atoms. The SMILES string of the molecule is C=C(/C=C(C)/C=C\C)/C=C1\C(=C/C/C=C/C)Cc2c1ccc1c2ccc2ccccc21. The maximum absolute atomic E-state index is 4.32. The first-order valence-electron chi connectivity index (χ1n) is 11.1. The minimum absolute atomic E-state index is 0.956. The number of benzene rings is 3. The van der Waals surface area contributed by atoms with E-state index in [9.17, 15) is 0 Å². The van der Waals surface area contributed by atoms with Gasteiger partial charge in [-0.25, -0.2) is 0 Å². The molecule has 0 bridgehead atoms. The third-order valence-electron chi connectivity index (χ3n) is 5.95. The molecule has 0 aromatic heterocycles. The molecule has 0 nitrogen and oxygen atoms in total. The third kappa shape index (κ3) is 4.25. The van der Waals surface area contributed by atoms with Gasteiger partial charge in [0.25, 0.3) is 0 Å². The molecule has 3 aromatic carbocycles. The fraction of sp³-hybridized carbons (Fsp3) is 0.161. The van der Waals surface area contributed by atoms with Gasteiger partial charge in [0, 0.05) is 0 Å². The molecule has 4 rings (SSSR count). The van der Waals surface area contributed by atoms with Crippen molar-refractivity contribution in [2.45, 2.75) is 33.6 Å². The number of fused-ring (bicyclic) bond motifs is 5. The van der Waals surface area contributed by atoms with Crippen LogP contribution in [0.25, 0.3) is 27.1 Å². The Labute approximate surface area is 186 Å². The maximum Gasteiger partial charge on any atom is -0.00103 e. The summed E-state index contributed by atoms with van der Waals surface area (Å²) in [6.07, 6.45) is 17.2. The minimum Gasteiger partial charge on any atom is -0.0917 e. The molecule has 0 radical (unpaired) electrons. The smallest absolute Gasteiger partial charge is 0.00103 e. The fourth-order valence-electron chi connectivity index (χ4n) is 4.58. The van der Waals surface area contributed by atoms with Crippen LogP contribution in [0, 0.1) is 0 Å². The standard InChI is InChI=1S/C31H30/c1-5-7-8-13-25-21-31-28-16-15-24-12-9-10-14-26(24)27(28)17-18-29(31)30(25)20-23(4)19-22(3)11-6-2/h5-7,9-20H,4,8,21H2,1-3H3/b7-5+,11-6-,22-19+,25-13-,30-20+. The van der Waals surface area contributed by atoms with E-state index in [1.807, 2.05) is 6.92 Å². The van der Waals surface area contributed by atoms with Gasteiger partial charge < -0.3 is 0 Å². The average molecular weight is 403 g/mol. The summed E-state index contributed by atoms with van der Waals surface area (Å²) in [5.41, 5.74) is 7.73. The van der Waals surface area contributed by atoms with Crippen LogP contribution in [0.5, 0.6) is 0 Å². The molecule has 0 aliphatic heterocycles. The highest BCUT2D eigenvalue weighted by Gasteiger charge is 2.23. The summed E-state index contributed by atoms with van der Waals surface area (Å²) in [4.78, 5) is 0. The molecule has 0 heterocycles. The average Bonchev–Trinajstić information content (AvgIpc) is 3.11. The van der Waals surface area contributed by atoms with Gasteiger partial charge in [0.2, 0.25) is 0 Å². The van der Waals surface area contributed by atoms with Crippen molar-refractivity contribution < 1.29 is 0 Å². The monoisotopic (exact) mass is 402 g/mol. The number of hydrogen-bond donors (Lipinski definition) is 0. The predicted molar refractivity (Wildman–Crippen MR) is 138 cm³/mol. The summed E-state index contributed by atoms with van der Waals surface area (Å²) in [5, 5.41) is 5.33. The largest absolute Gasteiger partial charge is 0.0917 e. The molecule has 0 saturated carbocycles. The summed E-state index contributed by atoms with van der Waals surface area (Å²) in [6.45, 7) is 10.6. The van der Waals surface area contributed by atoms with Gasteiger partial charge >= 0.3 is 0 Å². The lowest BCUT2D eigenvalue weighted by Crippen LogP contribution is -1.86. The summed E-state index contributed by atoms with van der Waals surface area (Å²) in [6, 6.07) is 17.8. The number of allylic oxidation sites excluding steroid dienone is 11. The zero-order valence-electron chi connectivity index (χ0n) is 18.8. The topological polar surface area (TPSA) is 0 Å². The van der Waals surface area contributed by atoms with Crippen LogP contribution in [0.3, 0.4) is 0 Å². The zero-order valence-corrected chi connectivity index (χ0v) is 18.8. The molecule has 1 aliphatic rings. The molecule has 0 spiro atoms. The van der Waals surface area contributed by atoms with Gasteiger partial charge in [-0.1, -0.05) is 97.1 Å². The normalized spacial score (nSPS) is 17.1. The molecule has 0 atom stereocenters. The van der Waals surface area contributed by atoms with E-state index in [1.165, 1.54) is 49.4 Å². The van der Waals surface area contributed by atoms with E-state index < -0.39 is 0 Å². The molecular weight excluding hydrogens is 372 g/mol. The second kappa shape index (κ2) is 9.18. The first kappa shape index (κ1) is 20.9. The predicted octanol–water partition coefficient (Wildman–Crippen LogP) is 8.90. The van der Waals surface area contributed by atoms with Gasteiger partial charge in [-0.05, 0) is 89.1 Å². The van der Waals surface area contributed by atoms with Crippen molar-refractivity contribution in [3.8, 4) is 0 Å². The highest BCUT2D eigenvalue weighted by atomic mass is 14.3. The summed E-state index contributed by atoms with van der Waals surface area (Å²) >= 11 is 0. The second-order valence-corrected chi connectivity index (χ2v) is 8.21. The van der Waals surface area contributed by atoms with Gasteiger partial charge in [0.1, 0.15) is 0 Å². The lowest BCUT2D eigenvalue weighted by atomic mass is 9.95. The van der Waals surface area contributed by atoms with E-state index in [1.54, 1.807) is 0 Å². The van der Waals surface area contributed by atoms with Crippen LogP contribution < -0.4 is 0 Å². The zero-order chi connectivity index (χ0) is 21.8. The van der Waals surface area contributed by atoms with E-state index in [-0.39, 0.29) is 0 Å². The van der Waals surface area contributed by atoms with Gasteiger partial charge in [0.15, 0.2) is 0 Å². The van der Waals surface area contributed by atoms with E-state index in [0.29, 0.717) is 0 Å². The molecule has 154 valence electrons. The van der Waals surface area contributed by atoms with Crippen LogP contribution in [0.4, 0.5) is 0 Å². The molecule has 0 amide bonds. The van der Waals surface area contributed by atoms with Gasteiger partial charge in [0.05, 0.1) is 0 Å². The van der Waals surface area contributed by atoms with Crippen molar-refractivity contribution in [3.05, 3.63) is 125 Å². The Balaban J connectivity index is 1.87. The molecule has 0 N–H and O–H groups in total. The van der Waals surface area contributed by atoms with Crippen LogP contribution in [0.1, 0.15) is 38.3 Å². The van der Waals surface area contributed by atoms with Crippen molar-refractivity contribution in [1.82, 2.24) is 0 Å². The fourth-order valence-corrected chi connectivity index (χ4v) is 4.58. The molecule has 3 aromatic rings. The van der Waals surface area contributed by atoms with E-state index in [2.05, 4.69) is 111 Å². The number of hydrogen-bond acceptors (Lipinski definition) is 0. The summed E-state index contributed by atoms with van der Waals surface area (Å²) < 4.78 is 0. The third-order valence-corrected chi connectivity index (χ3v) is 5.95. The molecule has 0 heteroatoms. The molecule has 0 fully saturated rings. The van der Waals surface area contributed by atoms with Gasteiger partial charge in [-0.15, -0.1) is 0 Å². The Morgan fingerprint density at radius 1 is 0.935 bits per heavy atom. The Morgan fingerprint density at radius 3 is 2.55 bits per heavy atom. The van der Waals surface area contributed by atoms with Crippen molar-refractivity contribution in [2.75, 3.05) is 0 Å². The number of rotatable bonds is 5. The Kier molecular flexibility index (Phi) is 6.18. The molecule has 1 aliphatic carbocycles. The lowest BCUT2D eigenvalue weighted by molar-refractivity contribution is 1.24. The molecular formula is C31H30. The van der Waals surface area contributed by atoms with Crippen LogP contribution >= 0.6 is 0 Å². The van der Waals surface area contributed by atoms with Crippen LogP contribution in [-0.4, -0.2) is 0 Å². The lowest BCUT2D eigenvalue weighted by Gasteiger charge is -2.09. The van der Waals surface area contributed by atoms with Crippen LogP contribution in [0.2, 0.25) is 0 Å². The van der Waals surface area contributed by atoms with Gasteiger partial charge in [-0.3, -0.25) is 0 Å². The van der Waals surface area contributed by atoms with Crippen LogP contribution in [-0.2, 0) is 6.42 Å². The molecule has 0 unspecified atom stereocenters. The highest BCUT2D eigenvalue weighted by molar-refractivity contribution is 6.10. The minimum atomic E-state index is 0.956. The van der Waals surface area contributed by atoms with Crippen molar-refractivity contribution in [1.29, 1.82) is 0 Å². The molecule has 0 saturated heterocycles. The Bertz CT molecular complexity index is 1300. The van der Waals surface area contributed by atoms with Crippen molar-refractivity contribution >= 4 is 27.1 Å². The Hall–Kier alpha value is -3.38.